The molecule has 0 aromatic carbocycles. The first-order chi connectivity index (χ1) is 3.72. The highest BCUT2D eigenvalue weighted by Gasteiger charge is 2.11. The van der Waals surface area contributed by atoms with Gasteiger partial charge in [0.2, 0.25) is 0 Å². The van der Waals surface area contributed by atoms with Gasteiger partial charge in [-0.25, -0.2) is 0 Å². The Hall–Kier alpha value is -0.180. The van der Waals surface area contributed by atoms with Gasteiger partial charge in [0, 0.05) is 0 Å². The standard InChI is InChI=1S/C3H8NO3P/c5-1-2(4-8)3(6)7/h2,4-5H,1,8H2,(H,6,7). The molecule has 0 radical (unpaired) electrons. The number of aliphatic carboxylic acids is 1. The predicted molar refractivity (Wildman–Crippen MR) is 31.4 cm³/mol. The van der Waals surface area contributed by atoms with Crippen molar-refractivity contribution in [3.8, 4) is 0 Å². The summed E-state index contributed by atoms with van der Waals surface area (Å²) in [6, 6.07) is -0.861. The third kappa shape index (κ3) is 2.21. The number of rotatable bonds is 3. The molecule has 4 nitrogen and oxygen atoms in total. The lowest BCUT2D eigenvalue weighted by Gasteiger charge is -2.04. The Morgan fingerprint density at radius 2 is 2.38 bits per heavy atom. The molecule has 0 aliphatic rings. The fourth-order valence-corrected chi connectivity index (χ4v) is 0.450. The van der Waals surface area contributed by atoms with Crippen LogP contribution in [0, 0.1) is 0 Å². The molecule has 0 saturated heterocycles. The average molecular weight is 137 g/mol. The molecule has 0 bridgehead atoms. The Bertz CT molecular complexity index is 82.6. The van der Waals surface area contributed by atoms with Crippen LogP contribution in [0.25, 0.3) is 0 Å². The van der Waals surface area contributed by atoms with E-state index in [0.29, 0.717) is 0 Å². The first kappa shape index (κ1) is 7.82. The van der Waals surface area contributed by atoms with Crippen LogP contribution in [0.3, 0.4) is 0 Å². The molecule has 0 aliphatic heterocycles. The van der Waals surface area contributed by atoms with Crippen molar-refractivity contribution in [3.63, 3.8) is 0 Å². The zero-order chi connectivity index (χ0) is 6.57. The van der Waals surface area contributed by atoms with E-state index in [4.69, 9.17) is 10.2 Å². The van der Waals surface area contributed by atoms with E-state index >= 15 is 0 Å². The summed E-state index contributed by atoms with van der Waals surface area (Å²) in [5.41, 5.74) is 0. The third-order valence-electron chi connectivity index (χ3n) is 0.682. The Kier molecular flexibility index (Phi) is 3.69. The maximum atomic E-state index is 9.93. The summed E-state index contributed by atoms with van der Waals surface area (Å²) >= 11 is 0. The summed E-state index contributed by atoms with van der Waals surface area (Å²) in [6.45, 7) is -0.390. The maximum Gasteiger partial charge on any atom is 0.323 e. The largest absolute Gasteiger partial charge is 0.480 e. The minimum absolute atomic E-state index is 0.390. The van der Waals surface area contributed by atoms with Crippen LogP contribution in [-0.4, -0.2) is 28.8 Å². The van der Waals surface area contributed by atoms with E-state index in [9.17, 15) is 4.79 Å². The summed E-state index contributed by atoms with van der Waals surface area (Å²) in [7, 11) is 2.02. The molecule has 2 unspecified atom stereocenters. The number of hydrogen-bond donors (Lipinski definition) is 3. The van der Waals surface area contributed by atoms with E-state index in [-0.39, 0.29) is 0 Å². The smallest absolute Gasteiger partial charge is 0.323 e. The van der Waals surface area contributed by atoms with Crippen LogP contribution in [0.2, 0.25) is 0 Å². The lowest BCUT2D eigenvalue weighted by molar-refractivity contribution is -0.139. The number of hydrogen-bond acceptors (Lipinski definition) is 3. The van der Waals surface area contributed by atoms with E-state index in [1.165, 1.54) is 0 Å². The maximum absolute atomic E-state index is 9.93. The molecule has 0 rings (SSSR count). The normalized spacial score (nSPS) is 13.2. The number of aliphatic hydroxyl groups is 1. The lowest BCUT2D eigenvalue weighted by atomic mass is 10.3. The second-order valence-corrected chi connectivity index (χ2v) is 1.57. The van der Waals surface area contributed by atoms with E-state index in [2.05, 4.69) is 5.09 Å². The van der Waals surface area contributed by atoms with Crippen LogP contribution < -0.4 is 5.09 Å². The van der Waals surface area contributed by atoms with Gasteiger partial charge >= 0.3 is 5.97 Å². The van der Waals surface area contributed by atoms with Gasteiger partial charge in [0.05, 0.1) is 6.61 Å². The summed E-state index contributed by atoms with van der Waals surface area (Å²) in [4.78, 5) is 9.93. The van der Waals surface area contributed by atoms with Gasteiger partial charge in [-0.05, 0) is 0 Å². The van der Waals surface area contributed by atoms with Gasteiger partial charge < -0.3 is 10.2 Å². The molecule has 3 N–H and O–H groups in total. The number of carbonyl (C=O) groups is 1. The number of carboxylic acids is 1. The molecule has 0 amide bonds. The predicted octanol–water partition coefficient (Wildman–Crippen LogP) is -1.19. The number of carboxylic acid groups (broad SMARTS) is 1. The minimum Gasteiger partial charge on any atom is -0.480 e. The van der Waals surface area contributed by atoms with Crippen LogP contribution in [0.4, 0.5) is 0 Å². The zero-order valence-electron chi connectivity index (χ0n) is 4.16. The quantitative estimate of drug-likeness (QED) is 0.428. The van der Waals surface area contributed by atoms with Gasteiger partial charge in [0.15, 0.2) is 0 Å². The Balaban J connectivity index is 3.52. The Morgan fingerprint density at radius 3 is 2.38 bits per heavy atom. The van der Waals surface area contributed by atoms with Crippen molar-refractivity contribution < 1.29 is 15.0 Å². The van der Waals surface area contributed by atoms with E-state index < -0.39 is 18.6 Å². The number of aliphatic hydroxyl groups excluding tert-OH is 1. The minimum atomic E-state index is -1.05. The van der Waals surface area contributed by atoms with Crippen molar-refractivity contribution in [1.82, 2.24) is 5.09 Å². The molecule has 5 heteroatoms. The van der Waals surface area contributed by atoms with Crippen molar-refractivity contribution in [2.24, 2.45) is 0 Å². The fraction of sp³-hybridized carbons (Fsp3) is 0.667. The first-order valence-electron chi connectivity index (χ1n) is 2.02. The lowest BCUT2D eigenvalue weighted by Crippen LogP contribution is -2.33. The van der Waals surface area contributed by atoms with Gasteiger partial charge in [-0.2, -0.15) is 0 Å². The molecule has 0 spiro atoms. The highest BCUT2D eigenvalue weighted by Crippen LogP contribution is 1.83. The Labute approximate surface area is 49.2 Å². The van der Waals surface area contributed by atoms with E-state index in [0.717, 1.165) is 0 Å². The van der Waals surface area contributed by atoms with Crippen LogP contribution in [0.15, 0.2) is 0 Å². The molecule has 2 atom stereocenters. The highest BCUT2D eigenvalue weighted by molar-refractivity contribution is 7.13. The van der Waals surface area contributed by atoms with Gasteiger partial charge in [-0.15, -0.1) is 0 Å². The summed E-state index contributed by atoms with van der Waals surface area (Å²) in [5.74, 6) is -1.05. The van der Waals surface area contributed by atoms with Gasteiger partial charge in [0.25, 0.3) is 0 Å². The van der Waals surface area contributed by atoms with E-state index in [1.54, 1.807) is 0 Å². The van der Waals surface area contributed by atoms with Crippen LogP contribution in [0.5, 0.6) is 0 Å². The van der Waals surface area contributed by atoms with Crippen LogP contribution in [-0.2, 0) is 4.79 Å². The summed E-state index contributed by atoms with van der Waals surface area (Å²) < 4.78 is 0. The summed E-state index contributed by atoms with van der Waals surface area (Å²) in [5, 5.41) is 18.7. The molecular weight excluding hydrogens is 129 g/mol. The molecule has 0 fully saturated rings. The second kappa shape index (κ2) is 3.78. The van der Waals surface area contributed by atoms with Gasteiger partial charge in [-0.1, -0.05) is 9.39 Å². The molecule has 0 aromatic heterocycles. The zero-order valence-corrected chi connectivity index (χ0v) is 5.32. The van der Waals surface area contributed by atoms with Crippen molar-refractivity contribution in [3.05, 3.63) is 0 Å². The average Bonchev–Trinajstić information content (AvgIpc) is 1.69. The van der Waals surface area contributed by atoms with Gasteiger partial charge in [-0.3, -0.25) is 9.88 Å². The third-order valence-corrected chi connectivity index (χ3v) is 1.08. The molecule has 8 heavy (non-hydrogen) atoms. The fourth-order valence-electron chi connectivity index (χ4n) is 0.202. The van der Waals surface area contributed by atoms with E-state index in [1.807, 2.05) is 9.39 Å². The molecule has 48 valence electrons. The van der Waals surface area contributed by atoms with Crippen molar-refractivity contribution >= 4 is 15.4 Å². The SMILES string of the molecule is O=C(O)C(CO)NP. The monoisotopic (exact) mass is 137 g/mol. The Morgan fingerprint density at radius 1 is 1.88 bits per heavy atom. The molecule has 0 saturated carbocycles. The molecular formula is C3H8NO3P. The van der Waals surface area contributed by atoms with Crippen LogP contribution >= 0.6 is 9.39 Å². The van der Waals surface area contributed by atoms with Crippen molar-refractivity contribution in [2.75, 3.05) is 6.61 Å². The topological polar surface area (TPSA) is 69.6 Å². The van der Waals surface area contributed by atoms with Gasteiger partial charge in [0.1, 0.15) is 6.04 Å². The second-order valence-electron chi connectivity index (χ2n) is 1.24. The summed E-state index contributed by atoms with van der Waals surface area (Å²) in [6.07, 6.45) is 0. The molecule has 0 aromatic rings. The van der Waals surface area contributed by atoms with Crippen molar-refractivity contribution in [1.29, 1.82) is 0 Å². The van der Waals surface area contributed by atoms with Crippen molar-refractivity contribution in [2.45, 2.75) is 6.04 Å². The molecule has 0 aliphatic carbocycles. The number of nitrogens with one attached hydrogen (secondary N) is 1. The first-order valence-corrected chi connectivity index (χ1v) is 2.60. The van der Waals surface area contributed by atoms with Crippen LogP contribution in [0.1, 0.15) is 0 Å². The molecule has 0 heterocycles. The highest BCUT2D eigenvalue weighted by atomic mass is 31.0.